The van der Waals surface area contributed by atoms with Crippen LogP contribution in [0.15, 0.2) is 18.2 Å². The van der Waals surface area contributed by atoms with Gasteiger partial charge in [0.05, 0.1) is 25.8 Å². The Morgan fingerprint density at radius 1 is 1.45 bits per heavy atom. The van der Waals surface area contributed by atoms with Gasteiger partial charge in [-0.05, 0) is 19.1 Å². The molecule has 1 rings (SSSR count). The van der Waals surface area contributed by atoms with Gasteiger partial charge < -0.3 is 20.1 Å². The minimum absolute atomic E-state index is 0.223. The van der Waals surface area contributed by atoms with Crippen LogP contribution in [0.25, 0.3) is 0 Å². The van der Waals surface area contributed by atoms with Gasteiger partial charge >= 0.3 is 5.97 Å². The molecule has 1 aromatic carbocycles. The summed E-state index contributed by atoms with van der Waals surface area (Å²) in [7, 11) is 3.47. The molecule has 2 N–H and O–H groups in total. The summed E-state index contributed by atoms with van der Waals surface area (Å²) in [5, 5.41) is 0. The second-order valence-electron chi connectivity index (χ2n) is 4.22. The van der Waals surface area contributed by atoms with E-state index in [0.717, 1.165) is 11.3 Å². The first-order valence-electron chi connectivity index (χ1n) is 6.34. The highest BCUT2D eigenvalue weighted by atomic mass is 32.1. The molecule has 0 fully saturated rings. The van der Waals surface area contributed by atoms with E-state index in [0.29, 0.717) is 30.3 Å². The second-order valence-corrected chi connectivity index (χ2v) is 4.66. The van der Waals surface area contributed by atoms with Gasteiger partial charge in [-0.1, -0.05) is 12.2 Å². The quantitative estimate of drug-likeness (QED) is 0.610. The summed E-state index contributed by atoms with van der Waals surface area (Å²) in [6.07, 6.45) is 0.304. The Labute approximate surface area is 124 Å². The molecule has 0 heterocycles. The lowest BCUT2D eigenvalue weighted by Crippen LogP contribution is -2.25. The first-order chi connectivity index (χ1) is 9.49. The lowest BCUT2D eigenvalue weighted by molar-refractivity contribution is -0.142. The zero-order valence-corrected chi connectivity index (χ0v) is 12.8. The van der Waals surface area contributed by atoms with Crippen molar-refractivity contribution in [2.75, 3.05) is 32.2 Å². The Morgan fingerprint density at radius 3 is 2.70 bits per heavy atom. The van der Waals surface area contributed by atoms with Gasteiger partial charge in [0, 0.05) is 25.2 Å². The predicted molar refractivity (Wildman–Crippen MR) is 83.4 cm³/mol. The van der Waals surface area contributed by atoms with E-state index in [9.17, 15) is 4.79 Å². The highest BCUT2D eigenvalue weighted by Gasteiger charge is 2.13. The number of methoxy groups -OCH3 is 1. The topological polar surface area (TPSA) is 64.8 Å². The number of esters is 1. The fourth-order valence-electron chi connectivity index (χ4n) is 1.78. The van der Waals surface area contributed by atoms with E-state index < -0.39 is 0 Å². The first-order valence-corrected chi connectivity index (χ1v) is 6.75. The standard InChI is InChI=1S/C14H20N2O3S/c1-4-19-13(17)7-8-16(2)12-9-10(18-3)5-6-11(12)14(15)20/h5-6,9H,4,7-8H2,1-3H3,(H2,15,20). The van der Waals surface area contributed by atoms with Crippen LogP contribution in [0, 0.1) is 0 Å². The molecule has 0 spiro atoms. The minimum atomic E-state index is -0.223. The van der Waals surface area contributed by atoms with Crippen molar-refractivity contribution >= 4 is 28.9 Å². The highest BCUT2D eigenvalue weighted by Crippen LogP contribution is 2.25. The summed E-state index contributed by atoms with van der Waals surface area (Å²) < 4.78 is 10.1. The van der Waals surface area contributed by atoms with Crippen molar-refractivity contribution in [2.24, 2.45) is 5.73 Å². The fraction of sp³-hybridized carbons (Fsp3) is 0.429. The van der Waals surface area contributed by atoms with Crippen LogP contribution in [0.1, 0.15) is 18.9 Å². The average molecular weight is 296 g/mol. The van der Waals surface area contributed by atoms with E-state index in [1.54, 1.807) is 20.1 Å². The predicted octanol–water partition coefficient (Wildman–Crippen LogP) is 1.72. The number of ether oxygens (including phenoxy) is 2. The number of hydrogen-bond acceptors (Lipinski definition) is 5. The Morgan fingerprint density at radius 2 is 2.15 bits per heavy atom. The van der Waals surface area contributed by atoms with Crippen molar-refractivity contribution < 1.29 is 14.3 Å². The molecule has 1 aromatic rings. The second kappa shape index (κ2) is 7.69. The molecule has 0 aliphatic rings. The number of carbonyl (C=O) groups excluding carboxylic acids is 1. The zero-order chi connectivity index (χ0) is 15.1. The smallest absolute Gasteiger partial charge is 0.307 e. The fourth-order valence-corrected chi connectivity index (χ4v) is 1.95. The number of benzene rings is 1. The van der Waals surface area contributed by atoms with Crippen molar-refractivity contribution in [1.82, 2.24) is 0 Å². The molecule has 20 heavy (non-hydrogen) atoms. The van der Waals surface area contributed by atoms with Gasteiger partial charge in [0.15, 0.2) is 0 Å². The number of nitrogens with two attached hydrogens (primary N) is 1. The molecule has 0 radical (unpaired) electrons. The lowest BCUT2D eigenvalue weighted by atomic mass is 10.1. The van der Waals surface area contributed by atoms with Gasteiger partial charge in [-0.15, -0.1) is 0 Å². The van der Waals surface area contributed by atoms with Crippen LogP contribution in [0.2, 0.25) is 0 Å². The summed E-state index contributed by atoms with van der Waals surface area (Å²) in [6, 6.07) is 5.47. The van der Waals surface area contributed by atoms with E-state index in [1.807, 2.05) is 24.1 Å². The normalized spacial score (nSPS) is 9.95. The lowest BCUT2D eigenvalue weighted by Gasteiger charge is -2.22. The van der Waals surface area contributed by atoms with Gasteiger partial charge in [-0.25, -0.2) is 0 Å². The average Bonchev–Trinajstić information content (AvgIpc) is 2.44. The molecule has 0 saturated heterocycles. The minimum Gasteiger partial charge on any atom is -0.497 e. The van der Waals surface area contributed by atoms with Gasteiger partial charge in [-0.2, -0.15) is 0 Å². The molecule has 6 heteroatoms. The summed E-state index contributed by atoms with van der Waals surface area (Å²) >= 11 is 5.04. The van der Waals surface area contributed by atoms with Gasteiger partial charge in [-0.3, -0.25) is 4.79 Å². The highest BCUT2D eigenvalue weighted by molar-refractivity contribution is 7.80. The summed E-state index contributed by atoms with van der Waals surface area (Å²) in [6.45, 7) is 2.69. The van der Waals surface area contributed by atoms with Gasteiger partial charge in [0.1, 0.15) is 10.7 Å². The van der Waals surface area contributed by atoms with Crippen molar-refractivity contribution in [3.8, 4) is 5.75 Å². The first kappa shape index (κ1) is 16.2. The van der Waals surface area contributed by atoms with Crippen molar-refractivity contribution in [3.05, 3.63) is 23.8 Å². The molecule has 110 valence electrons. The van der Waals surface area contributed by atoms with Crippen LogP contribution in [0.3, 0.4) is 0 Å². The number of thiocarbonyl (C=S) groups is 1. The summed E-state index contributed by atoms with van der Waals surface area (Å²) in [4.78, 5) is 13.6. The number of nitrogens with zero attached hydrogens (tertiary/aromatic N) is 1. The van der Waals surface area contributed by atoms with Crippen LogP contribution < -0.4 is 15.4 Å². The number of carbonyl (C=O) groups is 1. The molecule has 0 aliphatic heterocycles. The molecule has 0 aromatic heterocycles. The third-order valence-corrected chi connectivity index (χ3v) is 3.06. The van der Waals surface area contributed by atoms with E-state index in [-0.39, 0.29) is 5.97 Å². The van der Waals surface area contributed by atoms with Crippen LogP contribution in [0.4, 0.5) is 5.69 Å². The molecule has 0 aliphatic carbocycles. The van der Waals surface area contributed by atoms with E-state index >= 15 is 0 Å². The van der Waals surface area contributed by atoms with Crippen LogP contribution >= 0.6 is 12.2 Å². The molecule has 0 saturated carbocycles. The van der Waals surface area contributed by atoms with Crippen molar-refractivity contribution in [3.63, 3.8) is 0 Å². The third kappa shape index (κ3) is 4.38. The molecular formula is C14H20N2O3S. The summed E-state index contributed by atoms with van der Waals surface area (Å²) in [5.74, 6) is 0.488. The van der Waals surface area contributed by atoms with Crippen molar-refractivity contribution in [2.45, 2.75) is 13.3 Å². The maximum atomic E-state index is 11.4. The molecule has 0 atom stereocenters. The maximum Gasteiger partial charge on any atom is 0.307 e. The van der Waals surface area contributed by atoms with Gasteiger partial charge in [0.2, 0.25) is 0 Å². The summed E-state index contributed by atoms with van der Waals surface area (Å²) in [5.41, 5.74) is 7.31. The van der Waals surface area contributed by atoms with Gasteiger partial charge in [0.25, 0.3) is 0 Å². The third-order valence-electron chi connectivity index (χ3n) is 2.84. The molecule has 0 amide bonds. The van der Waals surface area contributed by atoms with Crippen LogP contribution in [0.5, 0.6) is 5.75 Å². The van der Waals surface area contributed by atoms with E-state index in [1.165, 1.54) is 0 Å². The van der Waals surface area contributed by atoms with Crippen LogP contribution in [-0.2, 0) is 9.53 Å². The zero-order valence-electron chi connectivity index (χ0n) is 12.0. The monoisotopic (exact) mass is 296 g/mol. The largest absolute Gasteiger partial charge is 0.497 e. The number of hydrogen-bond donors (Lipinski definition) is 1. The number of rotatable bonds is 7. The van der Waals surface area contributed by atoms with Crippen molar-refractivity contribution in [1.29, 1.82) is 0 Å². The molecule has 5 nitrogen and oxygen atoms in total. The van der Waals surface area contributed by atoms with E-state index in [2.05, 4.69) is 0 Å². The Kier molecular flexibility index (Phi) is 6.24. The van der Waals surface area contributed by atoms with Crippen LogP contribution in [-0.4, -0.2) is 38.3 Å². The molecular weight excluding hydrogens is 276 g/mol. The molecule has 0 unspecified atom stereocenters. The maximum absolute atomic E-state index is 11.4. The SMILES string of the molecule is CCOC(=O)CCN(C)c1cc(OC)ccc1C(N)=S. The van der Waals surface area contributed by atoms with E-state index in [4.69, 9.17) is 27.4 Å². The Balaban J connectivity index is 2.86. The Hall–Kier alpha value is -1.82. The number of anilines is 1. The molecule has 0 bridgehead atoms. The Bertz CT molecular complexity index is 491.